The Balaban J connectivity index is 1.75. The molecule has 0 saturated heterocycles. The van der Waals surface area contributed by atoms with Crippen molar-refractivity contribution in [3.8, 4) is 11.5 Å². The lowest BCUT2D eigenvalue weighted by atomic mass is 10.1. The highest BCUT2D eigenvalue weighted by Gasteiger charge is 2.30. The number of anilines is 1. The summed E-state index contributed by atoms with van der Waals surface area (Å²) in [6.45, 7) is 13.1. The average molecular weight is 438 g/mol. The Labute approximate surface area is 189 Å². The Bertz CT molecular complexity index is 1030. The maximum absolute atomic E-state index is 12.8. The first-order valence-electron chi connectivity index (χ1n) is 10.9. The maximum Gasteiger partial charge on any atom is 0.344 e. The van der Waals surface area contributed by atoms with Crippen LogP contribution in [0.25, 0.3) is 6.08 Å². The van der Waals surface area contributed by atoms with Crippen molar-refractivity contribution in [3.05, 3.63) is 58.8 Å². The van der Waals surface area contributed by atoms with Gasteiger partial charge < -0.3 is 19.1 Å². The number of rotatable bonds is 7. The van der Waals surface area contributed by atoms with Gasteiger partial charge in [-0.1, -0.05) is 12.1 Å². The van der Waals surface area contributed by atoms with Gasteiger partial charge in [-0.15, -0.1) is 0 Å². The molecule has 1 aliphatic heterocycles. The molecule has 32 heavy (non-hydrogen) atoms. The summed E-state index contributed by atoms with van der Waals surface area (Å²) in [7, 11) is 0. The van der Waals surface area contributed by atoms with Crippen molar-refractivity contribution in [3.63, 3.8) is 0 Å². The van der Waals surface area contributed by atoms with Crippen LogP contribution >= 0.6 is 0 Å². The fraction of sp³-hybridized carbons (Fsp3) is 0.385. The number of nitrogens with zero attached hydrogens (tertiary/aromatic N) is 1. The molecule has 0 bridgehead atoms. The lowest BCUT2D eigenvalue weighted by molar-refractivity contribution is -0.157. The van der Waals surface area contributed by atoms with Gasteiger partial charge in [0, 0.05) is 24.3 Å². The number of fused-ring (bicyclic) bond motifs is 1. The molecule has 0 atom stereocenters. The first-order chi connectivity index (χ1) is 15.1. The van der Waals surface area contributed by atoms with Gasteiger partial charge >= 0.3 is 5.97 Å². The van der Waals surface area contributed by atoms with Gasteiger partial charge in [-0.25, -0.2) is 4.79 Å². The van der Waals surface area contributed by atoms with Crippen LogP contribution in [-0.2, 0) is 9.53 Å². The summed E-state index contributed by atoms with van der Waals surface area (Å²) in [5.41, 5.74) is 2.60. The predicted octanol–water partition coefficient (Wildman–Crippen LogP) is 5.18. The number of hydrogen-bond acceptors (Lipinski definition) is 6. The molecule has 0 spiro atoms. The fourth-order valence-corrected chi connectivity index (χ4v) is 3.55. The first kappa shape index (κ1) is 23.4. The van der Waals surface area contributed by atoms with E-state index in [-0.39, 0.29) is 18.1 Å². The van der Waals surface area contributed by atoms with Crippen LogP contribution < -0.4 is 14.4 Å². The molecule has 0 saturated carbocycles. The van der Waals surface area contributed by atoms with E-state index in [4.69, 9.17) is 14.2 Å². The Morgan fingerprint density at radius 2 is 1.72 bits per heavy atom. The summed E-state index contributed by atoms with van der Waals surface area (Å²) in [6.07, 6.45) is 1.75. The molecule has 3 rings (SSSR count). The standard InChI is InChI=1S/C26H31NO5/c1-7-27(8-2)19-11-9-18(10-12-19)15-22-24(29)20-13-14-21(17(3)25(20)31-22)30-16-23(28)32-26(4,5)6/h9-15H,7-8,16H2,1-6H3/b22-15-. The molecule has 0 N–H and O–H groups in total. The summed E-state index contributed by atoms with van der Waals surface area (Å²) in [5.74, 6) is 0.579. The number of allylic oxidation sites excluding steroid dienone is 1. The number of benzene rings is 2. The van der Waals surface area contributed by atoms with Gasteiger partial charge in [0.2, 0.25) is 5.78 Å². The molecule has 170 valence electrons. The first-order valence-corrected chi connectivity index (χ1v) is 10.9. The predicted molar refractivity (Wildman–Crippen MR) is 125 cm³/mol. The van der Waals surface area contributed by atoms with Crippen LogP contribution in [0.3, 0.4) is 0 Å². The number of hydrogen-bond donors (Lipinski definition) is 0. The summed E-state index contributed by atoms with van der Waals surface area (Å²) < 4.78 is 16.8. The van der Waals surface area contributed by atoms with Crippen molar-refractivity contribution >= 4 is 23.5 Å². The Morgan fingerprint density at radius 1 is 1.06 bits per heavy atom. The van der Waals surface area contributed by atoms with Crippen LogP contribution in [0.1, 0.15) is 56.1 Å². The number of ketones is 1. The van der Waals surface area contributed by atoms with E-state index in [0.717, 1.165) is 24.3 Å². The zero-order valence-electron chi connectivity index (χ0n) is 19.7. The second-order valence-electron chi connectivity index (χ2n) is 8.64. The highest BCUT2D eigenvalue weighted by atomic mass is 16.6. The average Bonchev–Trinajstić information content (AvgIpc) is 3.05. The van der Waals surface area contributed by atoms with Crippen molar-refractivity contribution in [2.24, 2.45) is 0 Å². The summed E-state index contributed by atoms with van der Waals surface area (Å²) in [4.78, 5) is 27.0. The van der Waals surface area contributed by atoms with E-state index < -0.39 is 11.6 Å². The van der Waals surface area contributed by atoms with Gasteiger partial charge in [0.05, 0.1) is 5.56 Å². The third kappa shape index (κ3) is 5.31. The van der Waals surface area contributed by atoms with Crippen LogP contribution in [0.15, 0.2) is 42.2 Å². The molecule has 0 fully saturated rings. The highest BCUT2D eigenvalue weighted by Crippen LogP contribution is 2.39. The molecule has 2 aromatic rings. The Kier molecular flexibility index (Phi) is 6.92. The van der Waals surface area contributed by atoms with Crippen LogP contribution in [0.4, 0.5) is 5.69 Å². The van der Waals surface area contributed by atoms with E-state index in [1.54, 1.807) is 45.9 Å². The van der Waals surface area contributed by atoms with Crippen LogP contribution in [0, 0.1) is 6.92 Å². The normalized spacial score (nSPS) is 14.2. The molecular weight excluding hydrogens is 406 g/mol. The van der Waals surface area contributed by atoms with E-state index >= 15 is 0 Å². The molecule has 6 heteroatoms. The highest BCUT2D eigenvalue weighted by molar-refractivity contribution is 6.15. The second kappa shape index (κ2) is 9.47. The van der Waals surface area contributed by atoms with E-state index in [2.05, 4.69) is 18.7 Å². The van der Waals surface area contributed by atoms with Gasteiger partial charge in [-0.2, -0.15) is 0 Å². The van der Waals surface area contributed by atoms with E-state index in [1.807, 2.05) is 24.3 Å². The molecule has 1 aliphatic rings. The molecule has 2 aromatic carbocycles. The number of esters is 1. The SMILES string of the molecule is CCN(CC)c1ccc(/C=C2\Oc3c(ccc(OCC(=O)OC(C)(C)C)c3C)C2=O)cc1. The number of ether oxygens (including phenoxy) is 3. The molecule has 0 aliphatic carbocycles. The van der Waals surface area contributed by atoms with Crippen LogP contribution in [0.2, 0.25) is 0 Å². The number of carbonyl (C=O) groups excluding carboxylic acids is 2. The third-order valence-electron chi connectivity index (χ3n) is 5.12. The molecule has 0 radical (unpaired) electrons. The van der Waals surface area contributed by atoms with Crippen LogP contribution in [-0.4, -0.2) is 37.0 Å². The Morgan fingerprint density at radius 3 is 2.31 bits per heavy atom. The van der Waals surface area contributed by atoms with Gasteiger partial charge in [-0.3, -0.25) is 4.79 Å². The molecule has 6 nitrogen and oxygen atoms in total. The van der Waals surface area contributed by atoms with Crippen molar-refractivity contribution in [1.82, 2.24) is 0 Å². The molecular formula is C26H31NO5. The van der Waals surface area contributed by atoms with Crippen molar-refractivity contribution in [2.45, 2.75) is 47.1 Å². The quantitative estimate of drug-likeness (QED) is 0.439. The van der Waals surface area contributed by atoms with Crippen molar-refractivity contribution in [1.29, 1.82) is 0 Å². The lowest BCUT2D eigenvalue weighted by Gasteiger charge is -2.20. The topological polar surface area (TPSA) is 65.1 Å². The van der Waals surface area contributed by atoms with Crippen LogP contribution in [0.5, 0.6) is 11.5 Å². The Hall–Kier alpha value is -3.28. The summed E-state index contributed by atoms with van der Waals surface area (Å²) >= 11 is 0. The third-order valence-corrected chi connectivity index (χ3v) is 5.12. The van der Waals surface area contributed by atoms with Gasteiger partial charge in [-0.05, 0) is 77.4 Å². The largest absolute Gasteiger partial charge is 0.481 e. The van der Waals surface area contributed by atoms with E-state index in [0.29, 0.717) is 22.6 Å². The molecule has 0 aromatic heterocycles. The van der Waals surface area contributed by atoms with Gasteiger partial charge in [0.1, 0.15) is 17.1 Å². The smallest absolute Gasteiger partial charge is 0.344 e. The minimum atomic E-state index is -0.577. The zero-order valence-corrected chi connectivity index (χ0v) is 19.7. The summed E-state index contributed by atoms with van der Waals surface area (Å²) in [6, 6.07) is 11.4. The van der Waals surface area contributed by atoms with E-state index in [9.17, 15) is 9.59 Å². The molecule has 0 amide bonds. The number of Topliss-reactive ketones (excluding diaryl/α,β-unsaturated/α-hetero) is 1. The van der Waals surface area contributed by atoms with Crippen molar-refractivity contribution < 1.29 is 23.8 Å². The number of carbonyl (C=O) groups is 2. The monoisotopic (exact) mass is 437 g/mol. The maximum atomic E-state index is 12.8. The summed E-state index contributed by atoms with van der Waals surface area (Å²) in [5, 5.41) is 0. The van der Waals surface area contributed by atoms with Crippen molar-refractivity contribution in [2.75, 3.05) is 24.6 Å². The second-order valence-corrected chi connectivity index (χ2v) is 8.64. The zero-order chi connectivity index (χ0) is 23.5. The molecule has 0 unspecified atom stereocenters. The van der Waals surface area contributed by atoms with Gasteiger partial charge in [0.25, 0.3) is 0 Å². The van der Waals surface area contributed by atoms with E-state index in [1.165, 1.54) is 0 Å². The fourth-order valence-electron chi connectivity index (χ4n) is 3.55. The lowest BCUT2D eigenvalue weighted by Crippen LogP contribution is -2.27. The molecule has 1 heterocycles. The minimum Gasteiger partial charge on any atom is -0.481 e. The van der Waals surface area contributed by atoms with Gasteiger partial charge in [0.15, 0.2) is 12.4 Å². The minimum absolute atomic E-state index is 0.172.